The van der Waals surface area contributed by atoms with Gasteiger partial charge in [0.1, 0.15) is 5.82 Å². The number of nitrogens with zero attached hydrogens (tertiary/aromatic N) is 1. The van der Waals surface area contributed by atoms with E-state index in [0.29, 0.717) is 15.9 Å². The first-order chi connectivity index (χ1) is 8.49. The minimum Gasteiger partial charge on any atom is -0.478 e. The Bertz CT molecular complexity index is 628. The Balaban J connectivity index is 2.48. The van der Waals surface area contributed by atoms with Gasteiger partial charge in [0.2, 0.25) is 0 Å². The zero-order valence-electron chi connectivity index (χ0n) is 9.45. The van der Waals surface area contributed by atoms with E-state index in [1.54, 1.807) is 25.1 Å². The number of carbonyl (C=O) groups is 1. The van der Waals surface area contributed by atoms with E-state index >= 15 is 0 Å². The highest BCUT2D eigenvalue weighted by atomic mass is 79.9. The second-order valence-electron chi connectivity index (χ2n) is 3.76. The summed E-state index contributed by atoms with van der Waals surface area (Å²) in [6, 6.07) is 7.65. The second kappa shape index (κ2) is 4.86. The monoisotopic (exact) mass is 309 g/mol. The molecule has 1 aromatic heterocycles. The van der Waals surface area contributed by atoms with E-state index < -0.39 is 5.97 Å². The maximum absolute atomic E-state index is 13.1. The van der Waals surface area contributed by atoms with Crippen LogP contribution in [0.5, 0.6) is 0 Å². The van der Waals surface area contributed by atoms with Crippen LogP contribution in [0.3, 0.4) is 0 Å². The number of aromatic nitrogens is 1. The summed E-state index contributed by atoms with van der Waals surface area (Å²) < 4.78 is 13.5. The molecule has 0 aliphatic rings. The molecule has 0 saturated heterocycles. The minimum absolute atomic E-state index is 0.167. The van der Waals surface area contributed by atoms with Crippen LogP contribution in [-0.4, -0.2) is 16.1 Å². The van der Waals surface area contributed by atoms with E-state index in [4.69, 9.17) is 5.11 Å². The van der Waals surface area contributed by atoms with Crippen LogP contribution in [0.2, 0.25) is 0 Å². The molecule has 0 spiro atoms. The van der Waals surface area contributed by atoms with Gasteiger partial charge in [0.05, 0.1) is 21.4 Å². The summed E-state index contributed by atoms with van der Waals surface area (Å²) in [5.74, 6) is -1.36. The SMILES string of the molecule is Cc1nc(-c2ccc(F)c(Br)c2)ccc1C(=O)O. The highest BCUT2D eigenvalue weighted by molar-refractivity contribution is 9.10. The zero-order chi connectivity index (χ0) is 13.3. The van der Waals surface area contributed by atoms with Crippen LogP contribution in [-0.2, 0) is 0 Å². The Morgan fingerprint density at radius 1 is 1.33 bits per heavy atom. The third-order valence-electron chi connectivity index (χ3n) is 2.53. The largest absolute Gasteiger partial charge is 0.478 e. The maximum atomic E-state index is 13.1. The Morgan fingerprint density at radius 2 is 2.06 bits per heavy atom. The molecule has 0 bridgehead atoms. The van der Waals surface area contributed by atoms with E-state index in [1.165, 1.54) is 12.1 Å². The molecule has 92 valence electrons. The number of carboxylic acids is 1. The number of halogens is 2. The summed E-state index contributed by atoms with van der Waals surface area (Å²) in [5.41, 5.74) is 1.93. The molecule has 18 heavy (non-hydrogen) atoms. The first kappa shape index (κ1) is 12.7. The van der Waals surface area contributed by atoms with Gasteiger partial charge in [-0.1, -0.05) is 0 Å². The highest BCUT2D eigenvalue weighted by Crippen LogP contribution is 2.24. The highest BCUT2D eigenvalue weighted by Gasteiger charge is 2.10. The Labute approximate surface area is 111 Å². The average molecular weight is 310 g/mol. The predicted octanol–water partition coefficient (Wildman–Crippen LogP) is 3.66. The van der Waals surface area contributed by atoms with E-state index in [0.717, 1.165) is 5.56 Å². The Hall–Kier alpha value is -1.75. The van der Waals surface area contributed by atoms with Crippen molar-refractivity contribution in [3.05, 3.63) is 51.9 Å². The van der Waals surface area contributed by atoms with Gasteiger partial charge >= 0.3 is 5.97 Å². The fourth-order valence-electron chi connectivity index (χ4n) is 1.60. The standard InChI is InChI=1S/C13H9BrFNO2/c1-7-9(13(17)18)3-5-12(16-7)8-2-4-11(15)10(14)6-8/h2-6H,1H3,(H,17,18). The van der Waals surface area contributed by atoms with Crippen molar-refractivity contribution < 1.29 is 14.3 Å². The number of hydrogen-bond donors (Lipinski definition) is 1. The van der Waals surface area contributed by atoms with Crippen LogP contribution in [0.4, 0.5) is 4.39 Å². The lowest BCUT2D eigenvalue weighted by molar-refractivity contribution is 0.0695. The van der Waals surface area contributed by atoms with Crippen LogP contribution >= 0.6 is 15.9 Å². The Kier molecular flexibility index (Phi) is 3.43. The van der Waals surface area contributed by atoms with E-state index in [9.17, 15) is 9.18 Å². The van der Waals surface area contributed by atoms with Gasteiger partial charge in [-0.2, -0.15) is 0 Å². The summed E-state index contributed by atoms with van der Waals surface area (Å²) in [5, 5.41) is 8.91. The van der Waals surface area contributed by atoms with Gasteiger partial charge in [-0.15, -0.1) is 0 Å². The topological polar surface area (TPSA) is 50.2 Å². The lowest BCUT2D eigenvalue weighted by Gasteiger charge is -2.05. The van der Waals surface area contributed by atoms with Gasteiger partial charge in [-0.05, 0) is 53.2 Å². The molecule has 2 rings (SSSR count). The van der Waals surface area contributed by atoms with Crippen molar-refractivity contribution in [3.8, 4) is 11.3 Å². The van der Waals surface area contributed by atoms with Crippen LogP contribution in [0.25, 0.3) is 11.3 Å². The van der Waals surface area contributed by atoms with Gasteiger partial charge < -0.3 is 5.11 Å². The van der Waals surface area contributed by atoms with E-state index in [-0.39, 0.29) is 11.4 Å². The van der Waals surface area contributed by atoms with Crippen LogP contribution in [0.15, 0.2) is 34.8 Å². The molecule has 0 saturated carbocycles. The van der Waals surface area contributed by atoms with Crippen molar-refractivity contribution in [1.29, 1.82) is 0 Å². The molecule has 1 N–H and O–H groups in total. The molecule has 5 heteroatoms. The molecule has 0 aliphatic heterocycles. The fourth-order valence-corrected chi connectivity index (χ4v) is 1.98. The first-order valence-corrected chi connectivity index (χ1v) is 5.94. The lowest BCUT2D eigenvalue weighted by atomic mass is 10.1. The number of hydrogen-bond acceptors (Lipinski definition) is 2. The summed E-state index contributed by atoms with van der Waals surface area (Å²) in [7, 11) is 0. The number of aromatic carboxylic acids is 1. The van der Waals surface area contributed by atoms with Crippen molar-refractivity contribution in [1.82, 2.24) is 4.98 Å². The summed E-state index contributed by atoms with van der Waals surface area (Å²) in [4.78, 5) is 15.1. The predicted molar refractivity (Wildman–Crippen MR) is 69.0 cm³/mol. The maximum Gasteiger partial charge on any atom is 0.337 e. The minimum atomic E-state index is -1.01. The van der Waals surface area contributed by atoms with Gasteiger partial charge in [-0.25, -0.2) is 9.18 Å². The van der Waals surface area contributed by atoms with E-state index in [2.05, 4.69) is 20.9 Å². The molecule has 0 aliphatic carbocycles. The number of aryl methyl sites for hydroxylation is 1. The number of pyridine rings is 1. The molecule has 1 heterocycles. The third kappa shape index (κ3) is 2.41. The van der Waals surface area contributed by atoms with Crippen LogP contribution < -0.4 is 0 Å². The smallest absolute Gasteiger partial charge is 0.337 e. The molecule has 0 unspecified atom stereocenters. The molecular formula is C13H9BrFNO2. The van der Waals surface area contributed by atoms with Gasteiger partial charge in [-0.3, -0.25) is 4.98 Å². The second-order valence-corrected chi connectivity index (χ2v) is 4.62. The molecule has 2 aromatic rings. The summed E-state index contributed by atoms with van der Waals surface area (Å²) in [6.07, 6.45) is 0. The van der Waals surface area contributed by atoms with Crippen LogP contribution in [0.1, 0.15) is 16.1 Å². The van der Waals surface area contributed by atoms with Crippen molar-refractivity contribution in [3.63, 3.8) is 0 Å². The van der Waals surface area contributed by atoms with Crippen LogP contribution in [0, 0.1) is 12.7 Å². The summed E-state index contributed by atoms with van der Waals surface area (Å²) in [6.45, 7) is 1.63. The molecular weight excluding hydrogens is 301 g/mol. The average Bonchev–Trinajstić information content (AvgIpc) is 2.32. The van der Waals surface area contributed by atoms with Crippen molar-refractivity contribution >= 4 is 21.9 Å². The Morgan fingerprint density at radius 3 is 2.61 bits per heavy atom. The molecule has 0 amide bonds. The van der Waals surface area contributed by atoms with Crippen molar-refractivity contribution in [2.24, 2.45) is 0 Å². The van der Waals surface area contributed by atoms with Crippen molar-refractivity contribution in [2.75, 3.05) is 0 Å². The van der Waals surface area contributed by atoms with Gasteiger partial charge in [0, 0.05) is 5.56 Å². The van der Waals surface area contributed by atoms with Crippen molar-refractivity contribution in [2.45, 2.75) is 6.92 Å². The zero-order valence-corrected chi connectivity index (χ0v) is 11.0. The normalized spacial score (nSPS) is 10.4. The third-order valence-corrected chi connectivity index (χ3v) is 3.14. The molecule has 0 radical (unpaired) electrons. The number of rotatable bonds is 2. The molecule has 1 aromatic carbocycles. The lowest BCUT2D eigenvalue weighted by Crippen LogP contribution is -2.02. The van der Waals surface area contributed by atoms with Gasteiger partial charge in [0.15, 0.2) is 0 Å². The summed E-state index contributed by atoms with van der Waals surface area (Å²) >= 11 is 3.10. The molecule has 3 nitrogen and oxygen atoms in total. The molecule has 0 fully saturated rings. The number of benzene rings is 1. The van der Waals surface area contributed by atoms with Gasteiger partial charge in [0.25, 0.3) is 0 Å². The number of carboxylic acid groups (broad SMARTS) is 1. The first-order valence-electron chi connectivity index (χ1n) is 5.15. The fraction of sp³-hybridized carbons (Fsp3) is 0.0769. The quantitative estimate of drug-likeness (QED) is 0.921. The van der Waals surface area contributed by atoms with E-state index in [1.807, 2.05) is 0 Å². The molecule has 0 atom stereocenters.